The topological polar surface area (TPSA) is 56.5 Å². The third-order valence-corrected chi connectivity index (χ3v) is 5.60. The predicted molar refractivity (Wildman–Crippen MR) is 70.8 cm³/mol. The molecule has 0 heterocycles. The summed E-state index contributed by atoms with van der Waals surface area (Å²) in [5.74, 6) is 0. The van der Waals surface area contributed by atoms with Crippen LogP contribution < -0.4 is 11.1 Å². The fourth-order valence-electron chi connectivity index (χ4n) is 1.73. The first-order valence-corrected chi connectivity index (χ1v) is 8.76. The minimum Gasteiger partial charge on any atom is -0.395 e. The second kappa shape index (κ2) is 9.12. The van der Waals surface area contributed by atoms with Crippen LogP contribution >= 0.6 is 0 Å². The van der Waals surface area contributed by atoms with E-state index in [-0.39, 0.29) is 6.10 Å². The summed E-state index contributed by atoms with van der Waals surface area (Å²) in [5, 5.41) is 3.13. The molecule has 5 heteroatoms. The Morgan fingerprint density at radius 1 is 1.44 bits per heavy atom. The summed E-state index contributed by atoms with van der Waals surface area (Å²) < 4.78 is 11.9. The number of hydrogen-bond acceptors (Lipinski definition) is 4. The molecule has 0 aliphatic rings. The molecule has 0 saturated heterocycles. The van der Waals surface area contributed by atoms with Gasteiger partial charge in [0.25, 0.3) is 0 Å². The highest BCUT2D eigenvalue weighted by molar-refractivity contribution is 6.66. The summed E-state index contributed by atoms with van der Waals surface area (Å²) in [6.45, 7) is 8.70. The third kappa shape index (κ3) is 7.35. The Bertz CT molecular complexity index is 172. The van der Waals surface area contributed by atoms with E-state index in [0.717, 1.165) is 32.0 Å². The van der Waals surface area contributed by atoms with E-state index in [0.29, 0.717) is 6.54 Å². The Morgan fingerprint density at radius 2 is 2.12 bits per heavy atom. The Balaban J connectivity index is 4.07. The van der Waals surface area contributed by atoms with Gasteiger partial charge >= 0.3 is 8.56 Å². The Morgan fingerprint density at radius 3 is 2.62 bits per heavy atom. The molecule has 16 heavy (non-hydrogen) atoms. The molecule has 0 amide bonds. The van der Waals surface area contributed by atoms with E-state index in [1.54, 1.807) is 0 Å². The summed E-state index contributed by atoms with van der Waals surface area (Å²) in [7, 11) is -0.0326. The van der Waals surface area contributed by atoms with Crippen molar-refractivity contribution >= 4 is 8.56 Å². The maximum Gasteiger partial charge on any atom is 0.335 e. The number of hydrogen-bond donors (Lipinski definition) is 2. The van der Waals surface area contributed by atoms with Crippen LogP contribution in [0, 0.1) is 0 Å². The lowest BCUT2D eigenvalue weighted by molar-refractivity contribution is 0.125. The highest BCUT2D eigenvalue weighted by Gasteiger charge is 2.32. The maximum atomic E-state index is 6.10. The van der Waals surface area contributed by atoms with Gasteiger partial charge in [0.1, 0.15) is 0 Å². The lowest BCUT2D eigenvalue weighted by Gasteiger charge is -2.30. The Kier molecular flexibility index (Phi) is 9.16. The van der Waals surface area contributed by atoms with E-state index in [9.17, 15) is 0 Å². The van der Waals surface area contributed by atoms with Gasteiger partial charge in [-0.05, 0) is 59.4 Å². The molecule has 0 aromatic heterocycles. The molecule has 3 N–H and O–H groups in total. The largest absolute Gasteiger partial charge is 0.395 e. The van der Waals surface area contributed by atoms with Gasteiger partial charge in [0.15, 0.2) is 0 Å². The zero-order valence-corrected chi connectivity index (χ0v) is 12.2. The molecule has 0 fully saturated rings. The zero-order valence-electron chi connectivity index (χ0n) is 11.2. The van der Waals surface area contributed by atoms with Crippen molar-refractivity contribution in [2.45, 2.75) is 45.4 Å². The molecule has 0 radical (unpaired) electrons. The smallest absolute Gasteiger partial charge is 0.335 e. The van der Waals surface area contributed by atoms with Crippen molar-refractivity contribution in [2.24, 2.45) is 5.73 Å². The van der Waals surface area contributed by atoms with Crippen LogP contribution in [0.2, 0.25) is 12.6 Å². The van der Waals surface area contributed by atoms with Crippen molar-refractivity contribution in [3.05, 3.63) is 0 Å². The van der Waals surface area contributed by atoms with Crippen LogP contribution in [0.1, 0.15) is 26.7 Å². The first-order chi connectivity index (χ1) is 7.58. The van der Waals surface area contributed by atoms with Gasteiger partial charge in [-0.25, -0.2) is 0 Å². The molecular formula is C11H28N2O2Si. The SMILES string of the molecule is CCO[Si](C)(CCCN)OC(C)CCNC. The van der Waals surface area contributed by atoms with E-state index in [1.165, 1.54) is 0 Å². The van der Waals surface area contributed by atoms with Gasteiger partial charge in [0, 0.05) is 12.7 Å². The zero-order chi connectivity index (χ0) is 12.4. The van der Waals surface area contributed by atoms with Crippen molar-refractivity contribution in [1.29, 1.82) is 0 Å². The summed E-state index contributed by atoms with van der Waals surface area (Å²) in [6, 6.07) is 0.987. The Labute approximate surface area is 101 Å². The van der Waals surface area contributed by atoms with Gasteiger partial charge < -0.3 is 19.9 Å². The fourth-order valence-corrected chi connectivity index (χ4v) is 4.48. The van der Waals surface area contributed by atoms with Crippen molar-refractivity contribution < 1.29 is 8.85 Å². The first kappa shape index (κ1) is 16.1. The summed E-state index contributed by atoms with van der Waals surface area (Å²) in [5.41, 5.74) is 5.54. The van der Waals surface area contributed by atoms with E-state index in [2.05, 4.69) is 18.8 Å². The van der Waals surface area contributed by atoms with Gasteiger partial charge in [0.05, 0.1) is 0 Å². The second-order valence-electron chi connectivity index (χ2n) is 4.28. The van der Waals surface area contributed by atoms with Crippen molar-refractivity contribution in [2.75, 3.05) is 26.7 Å². The monoisotopic (exact) mass is 248 g/mol. The summed E-state index contributed by atoms with van der Waals surface area (Å²) in [6.07, 6.45) is 2.27. The average molecular weight is 248 g/mol. The highest BCUT2D eigenvalue weighted by Crippen LogP contribution is 2.18. The molecule has 0 rings (SSSR count). The van der Waals surface area contributed by atoms with Gasteiger partial charge in [-0.2, -0.15) is 0 Å². The van der Waals surface area contributed by atoms with Gasteiger partial charge in [-0.15, -0.1) is 0 Å². The van der Waals surface area contributed by atoms with E-state index >= 15 is 0 Å². The van der Waals surface area contributed by atoms with Gasteiger partial charge in [-0.3, -0.25) is 0 Å². The minimum absolute atomic E-state index is 0.258. The summed E-state index contributed by atoms with van der Waals surface area (Å²) in [4.78, 5) is 0. The molecule has 2 unspecified atom stereocenters. The van der Waals surface area contributed by atoms with Crippen LogP contribution in [0.25, 0.3) is 0 Å². The third-order valence-electron chi connectivity index (χ3n) is 2.54. The summed E-state index contributed by atoms with van der Waals surface area (Å²) >= 11 is 0. The molecule has 0 saturated carbocycles. The number of rotatable bonds is 10. The normalized spacial score (nSPS) is 17.1. The van der Waals surface area contributed by atoms with Crippen molar-refractivity contribution in [3.63, 3.8) is 0 Å². The molecule has 2 atom stereocenters. The first-order valence-electron chi connectivity index (χ1n) is 6.24. The van der Waals surface area contributed by atoms with E-state index in [4.69, 9.17) is 14.6 Å². The lowest BCUT2D eigenvalue weighted by Crippen LogP contribution is -2.42. The average Bonchev–Trinajstić information content (AvgIpc) is 2.24. The van der Waals surface area contributed by atoms with Crippen LogP contribution in [0.3, 0.4) is 0 Å². The highest BCUT2D eigenvalue weighted by atomic mass is 28.4. The van der Waals surface area contributed by atoms with Crippen molar-refractivity contribution in [1.82, 2.24) is 5.32 Å². The van der Waals surface area contributed by atoms with Crippen LogP contribution in [0.5, 0.6) is 0 Å². The maximum absolute atomic E-state index is 6.10. The molecule has 0 aromatic carbocycles. The number of nitrogens with one attached hydrogen (secondary N) is 1. The van der Waals surface area contributed by atoms with Gasteiger partial charge in [-0.1, -0.05) is 0 Å². The number of nitrogens with two attached hydrogens (primary N) is 1. The second-order valence-corrected chi connectivity index (χ2v) is 7.57. The molecular weight excluding hydrogens is 220 g/mol. The predicted octanol–water partition coefficient (Wildman–Crippen LogP) is 1.46. The molecule has 0 aliphatic heterocycles. The standard InChI is InChI=1S/C11H28N2O2Si/c1-5-14-16(4,10-6-8-12)15-11(2)7-9-13-3/h11,13H,5-10,12H2,1-4H3. The Hall–Kier alpha value is 0.0569. The molecule has 0 aliphatic carbocycles. The van der Waals surface area contributed by atoms with Crippen molar-refractivity contribution in [3.8, 4) is 0 Å². The van der Waals surface area contributed by atoms with Crippen LogP contribution in [-0.4, -0.2) is 41.4 Å². The van der Waals surface area contributed by atoms with Crippen LogP contribution in [-0.2, 0) is 8.85 Å². The quantitative estimate of drug-likeness (QED) is 0.575. The minimum atomic E-state index is -1.99. The fraction of sp³-hybridized carbons (Fsp3) is 1.00. The molecule has 4 nitrogen and oxygen atoms in total. The molecule has 0 aromatic rings. The van der Waals surface area contributed by atoms with Crippen LogP contribution in [0.4, 0.5) is 0 Å². The molecule has 98 valence electrons. The van der Waals surface area contributed by atoms with E-state index < -0.39 is 8.56 Å². The lowest BCUT2D eigenvalue weighted by atomic mass is 10.3. The van der Waals surface area contributed by atoms with Gasteiger partial charge in [0.2, 0.25) is 0 Å². The van der Waals surface area contributed by atoms with E-state index in [1.807, 2.05) is 14.0 Å². The molecule has 0 bridgehead atoms. The van der Waals surface area contributed by atoms with Crippen LogP contribution in [0.15, 0.2) is 0 Å². The molecule has 0 spiro atoms.